The van der Waals surface area contributed by atoms with Gasteiger partial charge in [0.15, 0.2) is 0 Å². The Morgan fingerprint density at radius 1 is 1.11 bits per heavy atom. The number of benzene rings is 1. The molecule has 1 aromatic carbocycles. The molecule has 0 unspecified atom stereocenters. The first kappa shape index (κ1) is 14.0. The molecular weight excluding hydrogens is 276 g/mol. The standard InChI is InChI=1S/C14H14N2OS2/c1-18-11-7-5-10(6-8-11)16-13(17)12-4-3-9-15-14(12)19-2/h3-9H,1-2H3,(H,16,17). The van der Waals surface area contributed by atoms with Crippen LogP contribution in [0.2, 0.25) is 0 Å². The maximum atomic E-state index is 12.2. The molecule has 5 heteroatoms. The van der Waals surface area contributed by atoms with Crippen molar-refractivity contribution in [3.05, 3.63) is 48.2 Å². The lowest BCUT2D eigenvalue weighted by Crippen LogP contribution is -2.13. The lowest BCUT2D eigenvalue weighted by molar-refractivity contribution is 0.102. The van der Waals surface area contributed by atoms with Gasteiger partial charge in [-0.3, -0.25) is 4.79 Å². The summed E-state index contributed by atoms with van der Waals surface area (Å²) in [4.78, 5) is 17.5. The molecule has 0 fully saturated rings. The van der Waals surface area contributed by atoms with E-state index in [1.165, 1.54) is 16.7 Å². The van der Waals surface area contributed by atoms with Crippen LogP contribution in [0.15, 0.2) is 52.5 Å². The number of hydrogen-bond acceptors (Lipinski definition) is 4. The van der Waals surface area contributed by atoms with Crippen LogP contribution in [0.1, 0.15) is 10.4 Å². The summed E-state index contributed by atoms with van der Waals surface area (Å²) in [6.07, 6.45) is 5.62. The van der Waals surface area contributed by atoms with Crippen molar-refractivity contribution < 1.29 is 4.79 Å². The molecule has 98 valence electrons. The summed E-state index contributed by atoms with van der Waals surface area (Å²) in [6.45, 7) is 0. The van der Waals surface area contributed by atoms with Crippen molar-refractivity contribution in [2.24, 2.45) is 0 Å². The van der Waals surface area contributed by atoms with Crippen LogP contribution in [-0.4, -0.2) is 23.4 Å². The SMILES string of the molecule is CSc1ccc(NC(=O)c2cccnc2SC)cc1. The van der Waals surface area contributed by atoms with Gasteiger partial charge in [-0.25, -0.2) is 4.98 Å². The largest absolute Gasteiger partial charge is 0.322 e. The second-order valence-corrected chi connectivity index (χ2v) is 5.42. The second kappa shape index (κ2) is 6.63. The van der Waals surface area contributed by atoms with Crippen molar-refractivity contribution >= 4 is 35.1 Å². The van der Waals surface area contributed by atoms with E-state index in [1.807, 2.05) is 36.8 Å². The van der Waals surface area contributed by atoms with Gasteiger partial charge in [0.2, 0.25) is 0 Å². The van der Waals surface area contributed by atoms with Gasteiger partial charge in [-0.15, -0.1) is 23.5 Å². The molecule has 3 nitrogen and oxygen atoms in total. The van der Waals surface area contributed by atoms with Gasteiger partial charge in [-0.1, -0.05) is 0 Å². The third kappa shape index (κ3) is 3.52. The van der Waals surface area contributed by atoms with Crippen molar-refractivity contribution in [3.63, 3.8) is 0 Å². The quantitative estimate of drug-likeness (QED) is 0.870. The number of thioether (sulfide) groups is 2. The van der Waals surface area contributed by atoms with Gasteiger partial charge in [-0.05, 0) is 48.9 Å². The number of nitrogens with one attached hydrogen (secondary N) is 1. The average Bonchev–Trinajstić information content (AvgIpc) is 2.48. The molecule has 0 spiro atoms. The summed E-state index contributed by atoms with van der Waals surface area (Å²) in [5, 5.41) is 3.62. The molecule has 0 atom stereocenters. The van der Waals surface area contributed by atoms with E-state index in [4.69, 9.17) is 0 Å². The lowest BCUT2D eigenvalue weighted by atomic mass is 10.2. The van der Waals surface area contributed by atoms with Crippen molar-refractivity contribution in [1.29, 1.82) is 0 Å². The predicted octanol–water partition coefficient (Wildman–Crippen LogP) is 3.78. The molecule has 1 amide bonds. The molecule has 0 radical (unpaired) electrons. The Balaban J connectivity index is 2.16. The van der Waals surface area contributed by atoms with Crippen LogP contribution < -0.4 is 5.32 Å². The molecule has 1 heterocycles. The summed E-state index contributed by atoms with van der Waals surface area (Å²) >= 11 is 3.14. The van der Waals surface area contributed by atoms with Crippen molar-refractivity contribution in [2.75, 3.05) is 17.8 Å². The molecule has 2 rings (SSSR count). The highest BCUT2D eigenvalue weighted by molar-refractivity contribution is 7.98. The van der Waals surface area contributed by atoms with E-state index in [9.17, 15) is 4.79 Å². The first-order chi connectivity index (χ1) is 9.24. The Hall–Kier alpha value is -1.46. The normalized spacial score (nSPS) is 10.2. The lowest BCUT2D eigenvalue weighted by Gasteiger charge is -2.08. The minimum atomic E-state index is -0.130. The molecule has 0 aliphatic rings. The van der Waals surface area contributed by atoms with Gasteiger partial charge >= 0.3 is 0 Å². The average molecular weight is 290 g/mol. The zero-order valence-electron chi connectivity index (χ0n) is 10.7. The maximum absolute atomic E-state index is 12.2. The Morgan fingerprint density at radius 3 is 2.47 bits per heavy atom. The fourth-order valence-electron chi connectivity index (χ4n) is 1.60. The highest BCUT2D eigenvalue weighted by Gasteiger charge is 2.11. The Bertz CT molecular complexity index is 570. The fourth-order valence-corrected chi connectivity index (χ4v) is 2.55. The molecule has 0 bridgehead atoms. The van der Waals surface area contributed by atoms with Gasteiger partial charge < -0.3 is 5.32 Å². The van der Waals surface area contributed by atoms with Gasteiger partial charge in [0.05, 0.1) is 5.56 Å². The van der Waals surface area contributed by atoms with Crippen LogP contribution in [0.4, 0.5) is 5.69 Å². The first-order valence-electron chi connectivity index (χ1n) is 5.69. The summed E-state index contributed by atoms with van der Waals surface area (Å²) in [5.74, 6) is -0.130. The third-order valence-electron chi connectivity index (χ3n) is 2.56. The number of carbonyl (C=O) groups excluding carboxylic acids is 1. The van der Waals surface area contributed by atoms with E-state index >= 15 is 0 Å². The number of aromatic nitrogens is 1. The summed E-state index contributed by atoms with van der Waals surface area (Å²) < 4.78 is 0. The highest BCUT2D eigenvalue weighted by Crippen LogP contribution is 2.20. The molecule has 19 heavy (non-hydrogen) atoms. The monoisotopic (exact) mass is 290 g/mol. The van der Waals surface area contributed by atoms with E-state index in [0.29, 0.717) is 5.56 Å². The summed E-state index contributed by atoms with van der Waals surface area (Å²) in [5.41, 5.74) is 1.39. The molecule has 1 N–H and O–H groups in total. The number of hydrogen-bond donors (Lipinski definition) is 1. The van der Waals surface area contributed by atoms with Crippen LogP contribution >= 0.6 is 23.5 Å². The van der Waals surface area contributed by atoms with Crippen molar-refractivity contribution in [1.82, 2.24) is 4.98 Å². The molecule has 2 aromatic rings. The van der Waals surface area contributed by atoms with Crippen LogP contribution in [0.3, 0.4) is 0 Å². The number of pyridine rings is 1. The van der Waals surface area contributed by atoms with E-state index in [-0.39, 0.29) is 5.91 Å². The van der Waals surface area contributed by atoms with Crippen LogP contribution in [0.25, 0.3) is 0 Å². The summed E-state index contributed by atoms with van der Waals surface area (Å²) in [7, 11) is 0. The first-order valence-corrected chi connectivity index (χ1v) is 8.14. The van der Waals surface area contributed by atoms with E-state index < -0.39 is 0 Å². The molecule has 0 aliphatic heterocycles. The minimum Gasteiger partial charge on any atom is -0.322 e. The van der Waals surface area contributed by atoms with Crippen molar-refractivity contribution in [2.45, 2.75) is 9.92 Å². The number of nitrogens with zero attached hydrogens (tertiary/aromatic N) is 1. The van der Waals surface area contributed by atoms with Crippen molar-refractivity contribution in [3.8, 4) is 0 Å². The van der Waals surface area contributed by atoms with E-state index in [1.54, 1.807) is 30.1 Å². The van der Waals surface area contributed by atoms with Gasteiger partial charge in [0, 0.05) is 16.8 Å². The molecule has 0 aliphatic carbocycles. The van der Waals surface area contributed by atoms with E-state index in [0.717, 1.165) is 10.7 Å². The third-order valence-corrected chi connectivity index (χ3v) is 4.01. The van der Waals surface area contributed by atoms with Gasteiger partial charge in [-0.2, -0.15) is 0 Å². The predicted molar refractivity (Wildman–Crippen MR) is 82.2 cm³/mol. The fraction of sp³-hybridized carbons (Fsp3) is 0.143. The van der Waals surface area contributed by atoms with E-state index in [2.05, 4.69) is 10.3 Å². The summed E-state index contributed by atoms with van der Waals surface area (Å²) in [6, 6.07) is 11.3. The Labute approximate surface area is 121 Å². The van der Waals surface area contributed by atoms with Gasteiger partial charge in [0.1, 0.15) is 5.03 Å². The number of amides is 1. The zero-order valence-corrected chi connectivity index (χ0v) is 12.3. The molecular formula is C14H14N2OS2. The molecule has 0 saturated heterocycles. The zero-order chi connectivity index (χ0) is 13.7. The molecule has 1 aromatic heterocycles. The van der Waals surface area contributed by atoms with Crippen LogP contribution in [0.5, 0.6) is 0 Å². The topological polar surface area (TPSA) is 42.0 Å². The number of carbonyl (C=O) groups is 1. The smallest absolute Gasteiger partial charge is 0.258 e. The highest BCUT2D eigenvalue weighted by atomic mass is 32.2. The van der Waals surface area contributed by atoms with Gasteiger partial charge in [0.25, 0.3) is 5.91 Å². The molecule has 0 saturated carbocycles. The van der Waals surface area contributed by atoms with Crippen LogP contribution in [0, 0.1) is 0 Å². The number of anilines is 1. The Kier molecular flexibility index (Phi) is 4.87. The minimum absolute atomic E-state index is 0.130. The maximum Gasteiger partial charge on any atom is 0.258 e. The van der Waals surface area contributed by atoms with Crippen LogP contribution in [-0.2, 0) is 0 Å². The Morgan fingerprint density at radius 2 is 1.84 bits per heavy atom. The number of rotatable bonds is 4. The second-order valence-electron chi connectivity index (χ2n) is 3.74.